The van der Waals surface area contributed by atoms with Crippen molar-refractivity contribution in [1.82, 2.24) is 0 Å². The fourth-order valence-electron chi connectivity index (χ4n) is 3.88. The summed E-state index contributed by atoms with van der Waals surface area (Å²) in [6.07, 6.45) is 8.46. The molecule has 21 heavy (non-hydrogen) atoms. The van der Waals surface area contributed by atoms with Crippen LogP contribution in [0.15, 0.2) is 23.8 Å². The molecule has 0 amide bonds. The summed E-state index contributed by atoms with van der Waals surface area (Å²) in [5.74, 6) is 1.98. The fourth-order valence-corrected chi connectivity index (χ4v) is 3.88. The number of aliphatic hydroxyl groups excluding tert-OH is 1. The maximum absolute atomic E-state index is 10.5. The van der Waals surface area contributed by atoms with Crippen molar-refractivity contribution in [2.45, 2.75) is 58.5 Å². The maximum atomic E-state index is 10.5. The Bertz CT molecular complexity index is 424. The van der Waals surface area contributed by atoms with E-state index in [1.54, 1.807) is 6.08 Å². The lowest BCUT2D eigenvalue weighted by Gasteiger charge is -2.43. The molecule has 118 valence electrons. The Balaban J connectivity index is 0.000000173. The highest BCUT2D eigenvalue weighted by molar-refractivity contribution is 5.90. The molecule has 0 bridgehead atoms. The maximum Gasteiger partial charge on any atom is 0.333 e. The Morgan fingerprint density at radius 1 is 1.29 bits per heavy atom. The number of ether oxygens (including phenoxy) is 1. The minimum Gasteiger partial charge on any atom is -0.462 e. The number of hydrogen-bond donors (Lipinski definition) is 1. The monoisotopic (exact) mass is 292 g/mol. The van der Waals surface area contributed by atoms with E-state index < -0.39 is 0 Å². The van der Waals surface area contributed by atoms with E-state index in [-0.39, 0.29) is 12.1 Å². The molecule has 4 unspecified atom stereocenters. The van der Waals surface area contributed by atoms with Crippen LogP contribution in [0.5, 0.6) is 0 Å². The number of allylic oxidation sites excluding steroid dienone is 2. The van der Waals surface area contributed by atoms with Gasteiger partial charge in [0, 0.05) is 12.0 Å². The van der Waals surface area contributed by atoms with Gasteiger partial charge in [-0.1, -0.05) is 25.2 Å². The molecule has 3 aliphatic rings. The first-order valence-corrected chi connectivity index (χ1v) is 8.20. The highest BCUT2D eigenvalue weighted by Gasteiger charge is 2.37. The number of rotatable bonds is 0. The van der Waals surface area contributed by atoms with Crippen LogP contribution in [-0.4, -0.2) is 23.8 Å². The van der Waals surface area contributed by atoms with E-state index >= 15 is 0 Å². The van der Waals surface area contributed by atoms with Crippen molar-refractivity contribution in [3.63, 3.8) is 0 Å². The van der Waals surface area contributed by atoms with Crippen LogP contribution >= 0.6 is 0 Å². The number of carbonyl (C=O) groups excluding carboxylic acids is 1. The zero-order chi connectivity index (χ0) is 15.4. The van der Waals surface area contributed by atoms with Crippen LogP contribution in [0.3, 0.4) is 0 Å². The predicted molar refractivity (Wildman–Crippen MR) is 83.7 cm³/mol. The summed E-state index contributed by atoms with van der Waals surface area (Å²) in [6, 6.07) is 0. The number of cyclic esters (lactones) is 1. The first-order chi connectivity index (χ1) is 10.0. The van der Waals surface area contributed by atoms with Gasteiger partial charge in [-0.25, -0.2) is 4.79 Å². The standard InChI is InChI=1S/C12H20O.C6H8O2/c1-8-3-5-11-9(2)12(13)6-4-10(11)7-8;1-2-5-3-4-8-6(5)7/h9-13H,1,3-7H2,2H3;2H,3-4H2,1H3/b;5-2+. The van der Waals surface area contributed by atoms with Crippen LogP contribution in [0.4, 0.5) is 0 Å². The van der Waals surface area contributed by atoms with E-state index in [2.05, 4.69) is 18.2 Å². The van der Waals surface area contributed by atoms with Gasteiger partial charge in [-0.15, -0.1) is 0 Å². The van der Waals surface area contributed by atoms with Crippen LogP contribution in [-0.2, 0) is 9.53 Å². The summed E-state index contributed by atoms with van der Waals surface area (Å²) >= 11 is 0. The van der Waals surface area contributed by atoms with E-state index in [0.717, 1.165) is 30.3 Å². The van der Waals surface area contributed by atoms with Crippen LogP contribution < -0.4 is 0 Å². The van der Waals surface area contributed by atoms with Crippen LogP contribution in [0.2, 0.25) is 0 Å². The largest absolute Gasteiger partial charge is 0.462 e. The Morgan fingerprint density at radius 3 is 2.62 bits per heavy atom. The molecule has 2 saturated carbocycles. The minimum atomic E-state index is -0.146. The lowest BCUT2D eigenvalue weighted by Crippen LogP contribution is -2.38. The third kappa shape index (κ3) is 3.97. The Hall–Kier alpha value is -1.09. The van der Waals surface area contributed by atoms with Crippen molar-refractivity contribution >= 4 is 5.97 Å². The molecule has 3 heteroatoms. The van der Waals surface area contributed by atoms with Gasteiger partial charge >= 0.3 is 5.97 Å². The van der Waals surface area contributed by atoms with Gasteiger partial charge in [0.15, 0.2) is 0 Å². The molecule has 0 aromatic heterocycles. The predicted octanol–water partition coefficient (Wildman–Crippen LogP) is 3.63. The normalized spacial score (nSPS) is 37.6. The van der Waals surface area contributed by atoms with Gasteiger partial charge in [-0.3, -0.25) is 0 Å². The van der Waals surface area contributed by atoms with E-state index in [9.17, 15) is 9.90 Å². The molecular weight excluding hydrogens is 264 g/mol. The van der Waals surface area contributed by atoms with E-state index in [1.807, 2.05) is 6.92 Å². The molecule has 3 nitrogen and oxygen atoms in total. The number of fused-ring (bicyclic) bond motifs is 1. The SMILES string of the molecule is C/C=C1\CCOC1=O.C=C1CCC2C(CCC(O)C2C)C1. The molecule has 3 rings (SSSR count). The summed E-state index contributed by atoms with van der Waals surface area (Å²) in [5.41, 5.74) is 2.25. The van der Waals surface area contributed by atoms with Crippen LogP contribution in [0, 0.1) is 17.8 Å². The summed E-state index contributed by atoms with van der Waals surface area (Å²) in [5, 5.41) is 9.76. The Morgan fingerprint density at radius 2 is 2.05 bits per heavy atom. The Kier molecular flexibility index (Phi) is 5.63. The second-order valence-corrected chi connectivity index (χ2v) is 6.62. The Labute approximate surface area is 128 Å². The highest BCUT2D eigenvalue weighted by Crippen LogP contribution is 2.44. The third-order valence-corrected chi connectivity index (χ3v) is 5.32. The van der Waals surface area contributed by atoms with Gasteiger partial charge in [0.1, 0.15) is 0 Å². The second-order valence-electron chi connectivity index (χ2n) is 6.62. The molecule has 1 heterocycles. The summed E-state index contributed by atoms with van der Waals surface area (Å²) in [4.78, 5) is 10.5. The third-order valence-electron chi connectivity index (χ3n) is 5.32. The minimum absolute atomic E-state index is 0.0346. The smallest absolute Gasteiger partial charge is 0.333 e. The fraction of sp³-hybridized carbons (Fsp3) is 0.722. The zero-order valence-corrected chi connectivity index (χ0v) is 13.3. The zero-order valence-electron chi connectivity index (χ0n) is 13.3. The van der Waals surface area contributed by atoms with Crippen LogP contribution in [0.25, 0.3) is 0 Å². The first-order valence-electron chi connectivity index (χ1n) is 8.20. The lowest BCUT2D eigenvalue weighted by molar-refractivity contribution is -0.135. The van der Waals surface area contributed by atoms with E-state index in [4.69, 9.17) is 0 Å². The van der Waals surface area contributed by atoms with Gasteiger partial charge < -0.3 is 9.84 Å². The molecule has 1 N–H and O–H groups in total. The van der Waals surface area contributed by atoms with Crippen molar-refractivity contribution in [3.05, 3.63) is 23.8 Å². The van der Waals surface area contributed by atoms with Crippen molar-refractivity contribution in [2.75, 3.05) is 6.61 Å². The van der Waals surface area contributed by atoms with Gasteiger partial charge in [0.25, 0.3) is 0 Å². The van der Waals surface area contributed by atoms with Gasteiger partial charge in [0.2, 0.25) is 0 Å². The van der Waals surface area contributed by atoms with Gasteiger partial charge in [0.05, 0.1) is 12.7 Å². The molecule has 0 spiro atoms. The molecule has 4 atom stereocenters. The van der Waals surface area contributed by atoms with Crippen molar-refractivity contribution < 1.29 is 14.6 Å². The van der Waals surface area contributed by atoms with Gasteiger partial charge in [-0.05, 0) is 56.8 Å². The average molecular weight is 292 g/mol. The van der Waals surface area contributed by atoms with Crippen molar-refractivity contribution in [3.8, 4) is 0 Å². The van der Waals surface area contributed by atoms with Crippen LogP contribution in [0.1, 0.15) is 52.4 Å². The molecule has 0 aromatic rings. The topological polar surface area (TPSA) is 46.5 Å². The number of aliphatic hydroxyl groups is 1. The number of hydrogen-bond acceptors (Lipinski definition) is 3. The molecule has 1 aliphatic heterocycles. The summed E-state index contributed by atoms with van der Waals surface area (Å²) < 4.78 is 4.65. The van der Waals surface area contributed by atoms with E-state index in [1.165, 1.54) is 31.3 Å². The van der Waals surface area contributed by atoms with Crippen molar-refractivity contribution in [2.24, 2.45) is 17.8 Å². The molecule has 1 saturated heterocycles. The highest BCUT2D eigenvalue weighted by atomic mass is 16.5. The molecule has 3 fully saturated rings. The van der Waals surface area contributed by atoms with Gasteiger partial charge in [-0.2, -0.15) is 0 Å². The number of esters is 1. The number of carbonyl (C=O) groups is 1. The molecule has 0 aromatic carbocycles. The van der Waals surface area contributed by atoms with Crippen molar-refractivity contribution in [1.29, 1.82) is 0 Å². The second kappa shape index (κ2) is 7.26. The summed E-state index contributed by atoms with van der Waals surface area (Å²) in [6.45, 7) is 8.72. The lowest BCUT2D eigenvalue weighted by atomic mass is 9.64. The molecule has 2 aliphatic carbocycles. The summed E-state index contributed by atoms with van der Waals surface area (Å²) in [7, 11) is 0. The average Bonchev–Trinajstić information content (AvgIpc) is 2.89. The molecular formula is C18H28O3. The molecule has 0 radical (unpaired) electrons. The van der Waals surface area contributed by atoms with E-state index in [0.29, 0.717) is 12.5 Å². The first kappa shape index (κ1) is 16.3. The quantitative estimate of drug-likeness (QED) is 0.421.